The molecule has 1 N–H and O–H groups in total. The first kappa shape index (κ1) is 13.8. The highest BCUT2D eigenvalue weighted by Gasteiger charge is 2.22. The van der Waals surface area contributed by atoms with Gasteiger partial charge in [-0.1, -0.05) is 0 Å². The normalized spacial score (nSPS) is 15.4. The molecule has 2 rings (SSSR count). The van der Waals surface area contributed by atoms with E-state index >= 15 is 0 Å². The van der Waals surface area contributed by atoms with Gasteiger partial charge in [-0.3, -0.25) is 4.79 Å². The van der Waals surface area contributed by atoms with Gasteiger partial charge in [0.25, 0.3) is 15.0 Å². The van der Waals surface area contributed by atoms with E-state index < -0.39 is 9.05 Å². The second-order valence-electron chi connectivity index (χ2n) is 4.24. The lowest BCUT2D eigenvalue weighted by molar-refractivity contribution is 0.0951. The number of halogens is 2. The highest BCUT2D eigenvalue weighted by molar-refractivity contribution is 9.10. The quantitative estimate of drug-likeness (QED) is 0.847. The summed E-state index contributed by atoms with van der Waals surface area (Å²) in [4.78, 5) is 11.7. The third-order valence-corrected chi connectivity index (χ3v) is 5.02. The lowest BCUT2D eigenvalue weighted by Gasteiger charge is -2.06. The second-order valence-corrected chi connectivity index (χ2v) is 7.63. The van der Waals surface area contributed by atoms with Crippen LogP contribution in [0.4, 0.5) is 0 Å². The number of hydrogen-bond acceptors (Lipinski definition) is 3. The van der Waals surface area contributed by atoms with Gasteiger partial charge >= 0.3 is 0 Å². The lowest BCUT2D eigenvalue weighted by atomic mass is 10.2. The zero-order valence-corrected chi connectivity index (χ0v) is 12.5. The highest BCUT2D eigenvalue weighted by atomic mass is 79.9. The van der Waals surface area contributed by atoms with Crippen LogP contribution in [0.3, 0.4) is 0 Å². The van der Waals surface area contributed by atoms with E-state index in [4.69, 9.17) is 10.7 Å². The first-order chi connectivity index (χ1) is 8.38. The Balaban J connectivity index is 2.20. The molecule has 1 aliphatic rings. The number of nitrogens with one attached hydrogen (secondary N) is 1. The molecular weight excluding hydrogens is 342 g/mol. The van der Waals surface area contributed by atoms with Crippen molar-refractivity contribution in [2.24, 2.45) is 5.92 Å². The molecule has 0 aromatic heterocycles. The molecule has 1 fully saturated rings. The van der Waals surface area contributed by atoms with Gasteiger partial charge in [0.05, 0.1) is 4.90 Å². The molecule has 1 aliphatic carbocycles. The summed E-state index contributed by atoms with van der Waals surface area (Å²) in [6, 6.07) is 4.33. The van der Waals surface area contributed by atoms with Crippen LogP contribution in [0.15, 0.2) is 27.6 Å². The fourth-order valence-corrected chi connectivity index (χ4v) is 3.61. The summed E-state index contributed by atoms with van der Waals surface area (Å²) in [5.41, 5.74) is 0.290. The summed E-state index contributed by atoms with van der Waals surface area (Å²) in [6.45, 7) is 0.637. The maximum absolute atomic E-state index is 11.8. The maximum atomic E-state index is 11.8. The Morgan fingerprint density at radius 1 is 1.44 bits per heavy atom. The standard InChI is InChI=1S/C11H11BrClNO3S/c12-9-4-3-8(5-10(9)18(13,16)17)11(15)14-6-7-1-2-7/h3-5,7H,1-2,6H2,(H,14,15). The smallest absolute Gasteiger partial charge is 0.262 e. The van der Waals surface area contributed by atoms with Crippen molar-refractivity contribution in [3.8, 4) is 0 Å². The minimum Gasteiger partial charge on any atom is -0.352 e. The number of benzene rings is 1. The van der Waals surface area contributed by atoms with Crippen molar-refractivity contribution in [3.63, 3.8) is 0 Å². The van der Waals surface area contributed by atoms with Crippen LogP contribution in [0.25, 0.3) is 0 Å². The van der Waals surface area contributed by atoms with Gasteiger partial charge < -0.3 is 5.32 Å². The number of rotatable bonds is 4. The Morgan fingerprint density at radius 3 is 2.67 bits per heavy atom. The first-order valence-corrected chi connectivity index (χ1v) is 8.50. The summed E-state index contributed by atoms with van der Waals surface area (Å²) >= 11 is 3.09. The van der Waals surface area contributed by atoms with Crippen LogP contribution in [0.1, 0.15) is 23.2 Å². The van der Waals surface area contributed by atoms with Crippen LogP contribution in [-0.4, -0.2) is 20.9 Å². The third-order valence-electron chi connectivity index (χ3n) is 2.70. The molecule has 0 aliphatic heterocycles. The fraction of sp³-hybridized carbons (Fsp3) is 0.364. The molecule has 1 aromatic carbocycles. The molecule has 0 atom stereocenters. The van der Waals surface area contributed by atoms with Crippen LogP contribution in [0, 0.1) is 5.92 Å². The number of amides is 1. The lowest BCUT2D eigenvalue weighted by Crippen LogP contribution is -2.25. The van der Waals surface area contributed by atoms with Crippen molar-refractivity contribution in [1.29, 1.82) is 0 Å². The summed E-state index contributed by atoms with van der Waals surface area (Å²) in [6.07, 6.45) is 2.28. The highest BCUT2D eigenvalue weighted by Crippen LogP contribution is 2.28. The number of carbonyl (C=O) groups is 1. The molecule has 1 aromatic rings. The van der Waals surface area contributed by atoms with Gasteiger partial charge in [-0.15, -0.1) is 0 Å². The number of hydrogen-bond donors (Lipinski definition) is 1. The molecule has 1 saturated carbocycles. The Kier molecular flexibility index (Phi) is 3.99. The predicted molar refractivity (Wildman–Crippen MR) is 72.2 cm³/mol. The molecular formula is C11H11BrClNO3S. The SMILES string of the molecule is O=C(NCC1CC1)c1ccc(Br)c(S(=O)(=O)Cl)c1. The first-order valence-electron chi connectivity index (χ1n) is 5.40. The maximum Gasteiger partial charge on any atom is 0.262 e. The molecule has 1 amide bonds. The molecule has 98 valence electrons. The van der Waals surface area contributed by atoms with E-state index in [2.05, 4.69) is 21.2 Å². The summed E-state index contributed by atoms with van der Waals surface area (Å²) < 4.78 is 23.0. The largest absolute Gasteiger partial charge is 0.352 e. The van der Waals surface area contributed by atoms with Crippen LogP contribution < -0.4 is 5.32 Å². The molecule has 18 heavy (non-hydrogen) atoms. The Bertz CT molecular complexity index is 584. The van der Waals surface area contributed by atoms with Crippen LogP contribution in [-0.2, 0) is 9.05 Å². The van der Waals surface area contributed by atoms with E-state index in [-0.39, 0.29) is 16.4 Å². The summed E-state index contributed by atoms with van der Waals surface area (Å²) in [7, 11) is 1.43. The monoisotopic (exact) mass is 351 g/mol. The van der Waals surface area contributed by atoms with Gasteiger partial charge in [-0.05, 0) is 52.9 Å². The van der Waals surface area contributed by atoms with E-state index in [1.807, 2.05) is 0 Å². The van der Waals surface area contributed by atoms with Gasteiger partial charge in [0.2, 0.25) is 0 Å². The predicted octanol–water partition coefficient (Wildman–Crippen LogP) is 2.52. The van der Waals surface area contributed by atoms with Crippen LogP contribution >= 0.6 is 26.6 Å². The van der Waals surface area contributed by atoms with Crippen LogP contribution in [0.5, 0.6) is 0 Å². The molecule has 0 unspecified atom stereocenters. The molecule has 0 saturated heterocycles. The minimum absolute atomic E-state index is 0.0942. The van der Waals surface area contributed by atoms with Gasteiger partial charge in [-0.2, -0.15) is 0 Å². The molecule has 0 bridgehead atoms. The van der Waals surface area contributed by atoms with E-state index in [1.54, 1.807) is 6.07 Å². The Morgan fingerprint density at radius 2 is 2.11 bits per heavy atom. The van der Waals surface area contributed by atoms with Gasteiger partial charge in [0.15, 0.2) is 0 Å². The van der Waals surface area contributed by atoms with Gasteiger partial charge in [-0.25, -0.2) is 8.42 Å². The number of carbonyl (C=O) groups excluding carboxylic acids is 1. The average Bonchev–Trinajstić information content (AvgIpc) is 3.08. The van der Waals surface area contributed by atoms with E-state index in [1.165, 1.54) is 12.1 Å². The summed E-state index contributed by atoms with van der Waals surface area (Å²) in [5, 5.41) is 2.77. The van der Waals surface area contributed by atoms with Crippen molar-refractivity contribution in [3.05, 3.63) is 28.2 Å². The summed E-state index contributed by atoms with van der Waals surface area (Å²) in [5.74, 6) is 0.289. The zero-order chi connectivity index (χ0) is 13.3. The van der Waals surface area contributed by atoms with Crippen molar-refractivity contribution in [2.75, 3.05) is 6.54 Å². The molecule has 0 radical (unpaired) electrons. The molecule has 4 nitrogen and oxygen atoms in total. The molecule has 7 heteroatoms. The van der Waals surface area contributed by atoms with E-state index in [9.17, 15) is 13.2 Å². The minimum atomic E-state index is -3.86. The molecule has 0 spiro atoms. The fourth-order valence-electron chi connectivity index (χ4n) is 1.49. The van der Waals surface area contributed by atoms with Crippen molar-refractivity contribution < 1.29 is 13.2 Å². The van der Waals surface area contributed by atoms with Crippen LogP contribution in [0.2, 0.25) is 0 Å². The van der Waals surface area contributed by atoms with Gasteiger partial charge in [0.1, 0.15) is 0 Å². The van der Waals surface area contributed by atoms with Crippen molar-refractivity contribution in [1.82, 2.24) is 5.32 Å². The van der Waals surface area contributed by atoms with Gasteiger partial charge in [0, 0.05) is 27.3 Å². The Labute approximate surface area is 118 Å². The zero-order valence-electron chi connectivity index (χ0n) is 9.32. The van der Waals surface area contributed by atoms with E-state index in [0.717, 1.165) is 12.8 Å². The second kappa shape index (κ2) is 5.19. The topological polar surface area (TPSA) is 63.2 Å². The average molecular weight is 353 g/mol. The van der Waals surface area contributed by atoms with Crippen molar-refractivity contribution >= 4 is 41.6 Å². The molecule has 0 heterocycles. The third kappa shape index (κ3) is 3.46. The Hall–Kier alpha value is -0.590. The van der Waals surface area contributed by atoms with Crippen molar-refractivity contribution in [2.45, 2.75) is 17.7 Å². The van der Waals surface area contributed by atoms with E-state index in [0.29, 0.717) is 16.9 Å².